The van der Waals surface area contributed by atoms with Crippen LogP contribution in [0.5, 0.6) is 0 Å². The van der Waals surface area contributed by atoms with E-state index < -0.39 is 11.9 Å². The van der Waals surface area contributed by atoms with E-state index in [1.165, 1.54) is 52.6 Å². The summed E-state index contributed by atoms with van der Waals surface area (Å²) in [6.07, 6.45) is 6.10. The topological polar surface area (TPSA) is 43.4 Å². The number of carbonyl (C=O) groups is 2. The Labute approximate surface area is 196 Å². The Kier molecular flexibility index (Phi) is 3.53. The van der Waals surface area contributed by atoms with Crippen molar-refractivity contribution < 1.29 is 14.3 Å². The van der Waals surface area contributed by atoms with Crippen LogP contribution in [0.3, 0.4) is 0 Å². The fraction of sp³-hybridized carbons (Fsp3) is 0.379. The molecule has 4 heteroatoms. The third-order valence-electron chi connectivity index (χ3n) is 9.47. The number of thiophene rings is 1. The number of rotatable bonds is 1. The van der Waals surface area contributed by atoms with Gasteiger partial charge >= 0.3 is 11.9 Å². The maximum Gasteiger partial charge on any atom is 0.343 e. The van der Waals surface area contributed by atoms with Crippen LogP contribution in [-0.4, -0.2) is 11.9 Å². The number of carbonyl (C=O) groups excluding carboxylic acids is 2. The van der Waals surface area contributed by atoms with E-state index in [2.05, 4.69) is 36.4 Å². The zero-order chi connectivity index (χ0) is 21.9. The number of ether oxygens (including phenoxy) is 1. The van der Waals surface area contributed by atoms with Gasteiger partial charge in [0.2, 0.25) is 0 Å². The minimum absolute atomic E-state index is 0.288. The average molecular weight is 453 g/mol. The molecule has 33 heavy (non-hydrogen) atoms. The van der Waals surface area contributed by atoms with Crippen LogP contribution in [0.1, 0.15) is 48.1 Å². The quantitative estimate of drug-likeness (QED) is 0.330. The van der Waals surface area contributed by atoms with Crippen LogP contribution in [0.25, 0.3) is 15.7 Å². The van der Waals surface area contributed by atoms with E-state index >= 15 is 0 Å². The van der Waals surface area contributed by atoms with Crippen molar-refractivity contribution >= 4 is 38.9 Å². The molecule has 0 amide bonds. The van der Waals surface area contributed by atoms with Gasteiger partial charge in [-0.25, -0.2) is 4.79 Å². The zero-order valence-electron chi connectivity index (χ0n) is 18.3. The van der Waals surface area contributed by atoms with E-state index in [4.69, 9.17) is 4.74 Å². The Morgan fingerprint density at radius 1 is 0.818 bits per heavy atom. The standard InChI is InChI=1S/C29H24O3S/c30-27-24-22(17-6-2-1-3-7-17)23-20-8-4-5-9-21(20)33-26(23)29(25(24)28(31)32-27)18-11-15-10-16(13-18)14-19(29)12-15/h1-9,15-16,18-19,25H,10-14H2/t15?,16?,18?,19?,25-,29?/m1/s1. The van der Waals surface area contributed by atoms with Gasteiger partial charge in [0.05, 0.1) is 5.57 Å². The van der Waals surface area contributed by atoms with E-state index in [1.807, 2.05) is 29.5 Å². The molecule has 3 aromatic rings. The highest BCUT2D eigenvalue weighted by Crippen LogP contribution is 2.71. The third-order valence-corrected chi connectivity index (χ3v) is 10.8. The minimum atomic E-state index is -0.462. The summed E-state index contributed by atoms with van der Waals surface area (Å²) >= 11 is 1.88. The highest BCUT2D eigenvalue weighted by atomic mass is 32.1. The van der Waals surface area contributed by atoms with E-state index in [9.17, 15) is 9.59 Å². The second kappa shape index (κ2) is 6.24. The lowest BCUT2D eigenvalue weighted by atomic mass is 9.40. The number of fused-ring (bicyclic) bond motifs is 4. The molecule has 1 aliphatic heterocycles. The monoisotopic (exact) mass is 452 g/mol. The second-order valence-electron chi connectivity index (χ2n) is 10.8. The van der Waals surface area contributed by atoms with Crippen LogP contribution in [-0.2, 0) is 19.7 Å². The minimum Gasteiger partial charge on any atom is -0.389 e. The average Bonchev–Trinajstić information content (AvgIpc) is 3.35. The molecule has 0 unspecified atom stereocenters. The largest absolute Gasteiger partial charge is 0.389 e. The summed E-state index contributed by atoms with van der Waals surface area (Å²) in [5, 5.41) is 1.21. The Bertz CT molecular complexity index is 1370. The SMILES string of the molecule is O=C1OC(=O)[C@H]2C1=C(c1ccccc1)c1c(sc3ccccc13)C21C2CC3CC(C2)CC1C3. The number of cyclic esters (lactones) is 2. The molecule has 4 saturated carbocycles. The van der Waals surface area contributed by atoms with Crippen molar-refractivity contribution in [3.8, 4) is 0 Å². The number of hydrogen-bond donors (Lipinski definition) is 0. The van der Waals surface area contributed by atoms with Gasteiger partial charge in [-0.1, -0.05) is 48.5 Å². The molecule has 5 aliphatic carbocycles. The molecule has 9 rings (SSSR count). The fourth-order valence-corrected chi connectivity index (χ4v) is 10.3. The van der Waals surface area contributed by atoms with Gasteiger partial charge < -0.3 is 4.74 Å². The first-order chi connectivity index (χ1) is 16.2. The molecule has 0 radical (unpaired) electrons. The van der Waals surface area contributed by atoms with Crippen molar-refractivity contribution in [1.82, 2.24) is 0 Å². The summed E-state index contributed by atoms with van der Waals surface area (Å²) in [4.78, 5) is 28.3. The van der Waals surface area contributed by atoms with Crippen LogP contribution in [0.4, 0.5) is 0 Å². The smallest absolute Gasteiger partial charge is 0.343 e. The van der Waals surface area contributed by atoms with E-state index in [-0.39, 0.29) is 11.4 Å². The molecular formula is C29H24O3S. The Morgan fingerprint density at radius 3 is 2.21 bits per heavy atom. The number of hydrogen-bond acceptors (Lipinski definition) is 4. The van der Waals surface area contributed by atoms with Gasteiger partial charge in [-0.3, -0.25) is 4.79 Å². The first kappa shape index (κ1) is 18.7. The molecule has 3 nitrogen and oxygen atoms in total. The molecule has 164 valence electrons. The predicted molar refractivity (Wildman–Crippen MR) is 128 cm³/mol. The van der Waals surface area contributed by atoms with E-state index in [1.54, 1.807) is 0 Å². The molecule has 2 heterocycles. The predicted octanol–water partition coefficient (Wildman–Crippen LogP) is 6.11. The third kappa shape index (κ3) is 2.17. The van der Waals surface area contributed by atoms with Crippen molar-refractivity contribution in [2.75, 3.05) is 0 Å². The van der Waals surface area contributed by atoms with E-state index in [0.717, 1.165) is 23.0 Å². The van der Waals surface area contributed by atoms with Gasteiger partial charge in [0.1, 0.15) is 5.92 Å². The highest BCUT2D eigenvalue weighted by molar-refractivity contribution is 7.19. The molecule has 5 fully saturated rings. The summed E-state index contributed by atoms with van der Waals surface area (Å²) in [7, 11) is 0. The van der Waals surface area contributed by atoms with Gasteiger partial charge in [0, 0.05) is 31.5 Å². The van der Waals surface area contributed by atoms with Crippen molar-refractivity contribution in [2.45, 2.75) is 37.5 Å². The molecule has 0 N–H and O–H groups in total. The van der Waals surface area contributed by atoms with Crippen LogP contribution in [0, 0.1) is 29.6 Å². The maximum atomic E-state index is 13.5. The first-order valence-corrected chi connectivity index (χ1v) is 13.1. The zero-order valence-corrected chi connectivity index (χ0v) is 19.1. The molecule has 4 bridgehead atoms. The lowest BCUT2D eigenvalue weighted by Crippen LogP contribution is -2.61. The lowest BCUT2D eigenvalue weighted by Gasteiger charge is -2.63. The Morgan fingerprint density at radius 2 is 1.48 bits per heavy atom. The number of esters is 2. The van der Waals surface area contributed by atoms with Crippen LogP contribution in [0.2, 0.25) is 0 Å². The fourth-order valence-electron chi connectivity index (χ4n) is 8.70. The number of benzene rings is 2. The first-order valence-electron chi connectivity index (χ1n) is 12.2. The van der Waals surface area contributed by atoms with Crippen LogP contribution < -0.4 is 0 Å². The summed E-state index contributed by atoms with van der Waals surface area (Å²) in [6.45, 7) is 0. The van der Waals surface area contributed by atoms with Gasteiger partial charge in [0.15, 0.2) is 0 Å². The van der Waals surface area contributed by atoms with Crippen LogP contribution >= 0.6 is 11.3 Å². The highest BCUT2D eigenvalue weighted by Gasteiger charge is 2.69. The van der Waals surface area contributed by atoms with Crippen LogP contribution in [0.15, 0.2) is 60.2 Å². The molecule has 1 saturated heterocycles. The van der Waals surface area contributed by atoms with Crippen molar-refractivity contribution in [3.63, 3.8) is 0 Å². The van der Waals surface area contributed by atoms with Crippen molar-refractivity contribution in [2.24, 2.45) is 29.6 Å². The van der Waals surface area contributed by atoms with Crippen molar-refractivity contribution in [1.29, 1.82) is 0 Å². The van der Waals surface area contributed by atoms with Gasteiger partial charge in [-0.15, -0.1) is 11.3 Å². The normalized spacial score (nSPS) is 35.9. The molecule has 1 aromatic heterocycles. The molecular weight excluding hydrogens is 428 g/mol. The molecule has 1 atom stereocenters. The summed E-state index contributed by atoms with van der Waals surface area (Å²) < 4.78 is 6.73. The van der Waals surface area contributed by atoms with Gasteiger partial charge in [0.25, 0.3) is 0 Å². The molecule has 2 aromatic carbocycles. The van der Waals surface area contributed by atoms with Crippen molar-refractivity contribution in [3.05, 3.63) is 76.2 Å². The van der Waals surface area contributed by atoms with E-state index in [0.29, 0.717) is 17.4 Å². The maximum absolute atomic E-state index is 13.5. The Balaban J connectivity index is 1.53. The Hall–Kier alpha value is -2.72. The van der Waals surface area contributed by atoms with Gasteiger partial charge in [-0.05, 0) is 67.4 Å². The molecule has 1 spiro atoms. The summed E-state index contributed by atoms with van der Waals surface area (Å²) in [5.74, 6) is 1.29. The molecule has 6 aliphatic rings. The van der Waals surface area contributed by atoms with Gasteiger partial charge in [-0.2, -0.15) is 0 Å². The summed E-state index contributed by atoms with van der Waals surface area (Å²) in [6, 6.07) is 18.8. The lowest BCUT2D eigenvalue weighted by molar-refractivity contribution is -0.157. The summed E-state index contributed by atoms with van der Waals surface area (Å²) in [5.41, 5.74) is 3.49. The second-order valence-corrected chi connectivity index (χ2v) is 11.9.